The quantitative estimate of drug-likeness (QED) is 0.640. The molecule has 8 heteroatoms. The van der Waals surface area contributed by atoms with E-state index in [2.05, 4.69) is 30.3 Å². The van der Waals surface area contributed by atoms with Crippen LogP contribution in [0.4, 0.5) is 17.8 Å². The van der Waals surface area contributed by atoms with E-state index in [1.807, 2.05) is 19.1 Å². The number of furan rings is 1. The summed E-state index contributed by atoms with van der Waals surface area (Å²) in [7, 11) is 0. The average Bonchev–Trinajstić information content (AvgIpc) is 3.14. The largest absolute Gasteiger partial charge is 0.460 e. The second-order valence-corrected chi connectivity index (χ2v) is 7.17. The van der Waals surface area contributed by atoms with Crippen LogP contribution in [0.25, 0.3) is 0 Å². The Balaban J connectivity index is 1.55. The number of hydrazone groups is 1. The highest BCUT2D eigenvalue weighted by Gasteiger charge is 2.20. The summed E-state index contributed by atoms with van der Waals surface area (Å²) in [5.74, 6) is 3.53. The van der Waals surface area contributed by atoms with E-state index in [4.69, 9.17) is 9.40 Å². The zero-order valence-electron chi connectivity index (χ0n) is 15.9. The fourth-order valence-electron chi connectivity index (χ4n) is 3.55. The van der Waals surface area contributed by atoms with Gasteiger partial charge < -0.3 is 14.2 Å². The number of hydrogen-bond donors (Lipinski definition) is 1. The van der Waals surface area contributed by atoms with Gasteiger partial charge in [-0.2, -0.15) is 20.1 Å². The predicted molar refractivity (Wildman–Crippen MR) is 107 cm³/mol. The molecular formula is C19H27N7O. The van der Waals surface area contributed by atoms with Gasteiger partial charge in [0.25, 0.3) is 0 Å². The van der Waals surface area contributed by atoms with Crippen molar-refractivity contribution >= 4 is 24.1 Å². The van der Waals surface area contributed by atoms with Crippen LogP contribution in [0.3, 0.4) is 0 Å². The third-order valence-electron chi connectivity index (χ3n) is 5.01. The number of anilines is 3. The van der Waals surface area contributed by atoms with Crippen molar-refractivity contribution in [2.24, 2.45) is 5.10 Å². The first-order valence-electron chi connectivity index (χ1n) is 9.89. The van der Waals surface area contributed by atoms with Crippen LogP contribution in [0.15, 0.2) is 21.7 Å². The van der Waals surface area contributed by atoms with Gasteiger partial charge in [0.2, 0.25) is 17.8 Å². The highest BCUT2D eigenvalue weighted by molar-refractivity contribution is 5.76. The van der Waals surface area contributed by atoms with E-state index in [1.165, 1.54) is 38.5 Å². The van der Waals surface area contributed by atoms with Crippen LogP contribution in [0.2, 0.25) is 0 Å². The molecule has 0 aliphatic carbocycles. The van der Waals surface area contributed by atoms with E-state index in [0.717, 1.165) is 43.8 Å². The Bertz CT molecular complexity index is 740. The molecule has 0 bridgehead atoms. The van der Waals surface area contributed by atoms with Gasteiger partial charge >= 0.3 is 0 Å². The first kappa shape index (κ1) is 17.8. The second-order valence-electron chi connectivity index (χ2n) is 7.17. The molecular weight excluding hydrogens is 342 g/mol. The van der Waals surface area contributed by atoms with Crippen molar-refractivity contribution in [3.05, 3.63) is 23.7 Å². The summed E-state index contributed by atoms with van der Waals surface area (Å²) in [4.78, 5) is 18.5. The number of aryl methyl sites for hydroxylation is 1. The molecule has 0 atom stereocenters. The Labute approximate surface area is 159 Å². The molecule has 0 unspecified atom stereocenters. The van der Waals surface area contributed by atoms with Gasteiger partial charge in [-0.3, -0.25) is 0 Å². The molecule has 4 rings (SSSR count). The fraction of sp³-hybridized carbons (Fsp3) is 0.579. The molecule has 2 fully saturated rings. The number of piperidine rings is 2. The summed E-state index contributed by atoms with van der Waals surface area (Å²) in [6.07, 6.45) is 8.93. The third-order valence-corrected chi connectivity index (χ3v) is 5.01. The Hall–Kier alpha value is -2.64. The zero-order chi connectivity index (χ0) is 18.5. The molecule has 2 aliphatic rings. The van der Waals surface area contributed by atoms with Gasteiger partial charge in [0.15, 0.2) is 0 Å². The lowest BCUT2D eigenvalue weighted by Crippen LogP contribution is -2.34. The summed E-state index contributed by atoms with van der Waals surface area (Å²) >= 11 is 0. The summed E-state index contributed by atoms with van der Waals surface area (Å²) in [5, 5.41) is 4.24. The molecule has 0 saturated carbocycles. The monoisotopic (exact) mass is 369 g/mol. The summed E-state index contributed by atoms with van der Waals surface area (Å²) in [5.41, 5.74) is 2.96. The topological polar surface area (TPSA) is 82.7 Å². The van der Waals surface area contributed by atoms with E-state index >= 15 is 0 Å². The van der Waals surface area contributed by atoms with Crippen molar-refractivity contribution in [1.82, 2.24) is 15.0 Å². The first-order valence-corrected chi connectivity index (χ1v) is 9.89. The van der Waals surface area contributed by atoms with Crippen LogP contribution in [0.5, 0.6) is 0 Å². The van der Waals surface area contributed by atoms with E-state index in [1.54, 1.807) is 6.21 Å². The number of aromatic nitrogens is 3. The first-order chi connectivity index (χ1) is 13.3. The Morgan fingerprint density at radius 1 is 0.889 bits per heavy atom. The van der Waals surface area contributed by atoms with E-state index < -0.39 is 0 Å². The molecule has 27 heavy (non-hydrogen) atoms. The maximum absolute atomic E-state index is 5.50. The van der Waals surface area contributed by atoms with Crippen LogP contribution < -0.4 is 15.2 Å². The van der Waals surface area contributed by atoms with Gasteiger partial charge in [-0.1, -0.05) is 0 Å². The Morgan fingerprint density at radius 3 is 2.00 bits per heavy atom. The predicted octanol–water partition coefficient (Wildman–Crippen LogP) is 3.20. The van der Waals surface area contributed by atoms with Crippen molar-refractivity contribution in [2.75, 3.05) is 41.4 Å². The minimum Gasteiger partial charge on any atom is -0.460 e. The molecule has 0 aromatic carbocycles. The van der Waals surface area contributed by atoms with Gasteiger partial charge in [-0.05, 0) is 57.6 Å². The molecule has 4 heterocycles. The van der Waals surface area contributed by atoms with Crippen LogP contribution in [0.1, 0.15) is 50.0 Å². The average molecular weight is 369 g/mol. The molecule has 2 saturated heterocycles. The van der Waals surface area contributed by atoms with Crippen molar-refractivity contribution in [1.29, 1.82) is 0 Å². The van der Waals surface area contributed by atoms with E-state index in [-0.39, 0.29) is 0 Å². The molecule has 0 radical (unpaired) electrons. The number of hydrogen-bond acceptors (Lipinski definition) is 8. The number of rotatable bonds is 5. The number of nitrogens with zero attached hydrogens (tertiary/aromatic N) is 6. The zero-order valence-corrected chi connectivity index (χ0v) is 15.9. The van der Waals surface area contributed by atoms with Crippen molar-refractivity contribution < 1.29 is 4.42 Å². The number of nitrogens with one attached hydrogen (secondary N) is 1. The van der Waals surface area contributed by atoms with Gasteiger partial charge in [0.05, 0.1) is 6.21 Å². The van der Waals surface area contributed by atoms with Crippen molar-refractivity contribution in [2.45, 2.75) is 45.4 Å². The Kier molecular flexibility index (Phi) is 5.50. The molecule has 2 aliphatic heterocycles. The van der Waals surface area contributed by atoms with Crippen LogP contribution >= 0.6 is 0 Å². The maximum Gasteiger partial charge on any atom is 0.250 e. The normalized spacial score (nSPS) is 18.3. The maximum atomic E-state index is 5.50. The fourth-order valence-corrected chi connectivity index (χ4v) is 3.55. The molecule has 0 amide bonds. The molecule has 2 aromatic rings. The highest BCUT2D eigenvalue weighted by atomic mass is 16.3. The summed E-state index contributed by atoms with van der Waals surface area (Å²) < 4.78 is 5.50. The summed E-state index contributed by atoms with van der Waals surface area (Å²) in [6, 6.07) is 3.79. The minimum absolute atomic E-state index is 0.477. The van der Waals surface area contributed by atoms with Gasteiger partial charge in [-0.25, -0.2) is 5.43 Å². The van der Waals surface area contributed by atoms with Crippen molar-refractivity contribution in [3.8, 4) is 0 Å². The lowest BCUT2D eigenvalue weighted by Gasteiger charge is -2.30. The Morgan fingerprint density at radius 2 is 1.48 bits per heavy atom. The lowest BCUT2D eigenvalue weighted by atomic mass is 10.1. The van der Waals surface area contributed by atoms with Crippen LogP contribution in [-0.4, -0.2) is 47.3 Å². The molecule has 1 N–H and O–H groups in total. The van der Waals surface area contributed by atoms with E-state index in [9.17, 15) is 0 Å². The highest BCUT2D eigenvalue weighted by Crippen LogP contribution is 2.22. The smallest absolute Gasteiger partial charge is 0.250 e. The lowest BCUT2D eigenvalue weighted by molar-refractivity contribution is 0.528. The molecule has 8 nitrogen and oxygen atoms in total. The molecule has 0 spiro atoms. The minimum atomic E-state index is 0.477. The van der Waals surface area contributed by atoms with Crippen LogP contribution in [-0.2, 0) is 0 Å². The van der Waals surface area contributed by atoms with Crippen molar-refractivity contribution in [3.63, 3.8) is 0 Å². The summed E-state index contributed by atoms with van der Waals surface area (Å²) in [6.45, 7) is 5.90. The third kappa shape index (κ3) is 4.56. The second kappa shape index (κ2) is 8.37. The van der Waals surface area contributed by atoms with Gasteiger partial charge in [0, 0.05) is 26.2 Å². The van der Waals surface area contributed by atoms with Gasteiger partial charge in [-0.15, -0.1) is 0 Å². The van der Waals surface area contributed by atoms with E-state index in [0.29, 0.717) is 11.7 Å². The SMILES string of the molecule is Cc1ccc(/C=N/Nc2nc(N3CCCCC3)nc(N3CCCCC3)n2)o1. The van der Waals surface area contributed by atoms with Crippen LogP contribution in [0, 0.1) is 6.92 Å². The molecule has 144 valence electrons. The molecule has 2 aromatic heterocycles. The van der Waals surface area contributed by atoms with Gasteiger partial charge in [0.1, 0.15) is 11.5 Å². The standard InChI is InChI=1S/C19H27N7O/c1-15-8-9-16(27-15)14-20-24-17-21-18(25-10-4-2-5-11-25)23-19(22-17)26-12-6-3-7-13-26/h8-9,14H,2-7,10-13H2,1H3,(H,21,22,23,24)/b20-14+.